The van der Waals surface area contributed by atoms with Gasteiger partial charge in [-0.05, 0) is 24.5 Å². The van der Waals surface area contributed by atoms with Crippen LogP contribution in [0.4, 0.5) is 0 Å². The first kappa shape index (κ1) is 17.9. The standard InChI is InChI=1S/C16H25N3O3S/c1-13(11-17-16(20)7-9-18-23(2,21)22)19-10-8-14-5-3-4-6-15(14)12-19/h3-6,13,18H,7-12H2,1-2H3,(H,17,20)/t13-/m1/s1. The van der Waals surface area contributed by atoms with Crippen LogP contribution >= 0.6 is 0 Å². The van der Waals surface area contributed by atoms with E-state index < -0.39 is 10.0 Å². The van der Waals surface area contributed by atoms with E-state index in [0.29, 0.717) is 6.54 Å². The Morgan fingerprint density at radius 3 is 2.70 bits per heavy atom. The first-order chi connectivity index (χ1) is 10.8. The zero-order valence-electron chi connectivity index (χ0n) is 13.7. The molecule has 0 saturated heterocycles. The molecule has 0 aromatic heterocycles. The van der Waals surface area contributed by atoms with Gasteiger partial charge in [-0.25, -0.2) is 13.1 Å². The van der Waals surface area contributed by atoms with Crippen LogP contribution in [-0.4, -0.2) is 51.2 Å². The van der Waals surface area contributed by atoms with E-state index in [2.05, 4.69) is 46.1 Å². The van der Waals surface area contributed by atoms with E-state index in [1.165, 1.54) is 11.1 Å². The molecule has 128 valence electrons. The number of nitrogens with one attached hydrogen (secondary N) is 2. The minimum Gasteiger partial charge on any atom is -0.355 e. The number of hydrogen-bond donors (Lipinski definition) is 2. The first-order valence-corrected chi connectivity index (χ1v) is 9.76. The molecule has 1 aromatic rings. The molecule has 1 aliphatic rings. The van der Waals surface area contributed by atoms with Crippen molar-refractivity contribution in [2.75, 3.05) is 25.9 Å². The predicted octanol–water partition coefficient (Wildman–Crippen LogP) is 0.489. The quantitative estimate of drug-likeness (QED) is 0.758. The molecule has 23 heavy (non-hydrogen) atoms. The van der Waals surface area contributed by atoms with Crippen molar-refractivity contribution in [2.24, 2.45) is 0 Å². The van der Waals surface area contributed by atoms with E-state index in [1.54, 1.807) is 0 Å². The maximum atomic E-state index is 11.8. The van der Waals surface area contributed by atoms with E-state index in [0.717, 1.165) is 25.8 Å². The highest BCUT2D eigenvalue weighted by Gasteiger charge is 2.20. The van der Waals surface area contributed by atoms with Gasteiger partial charge in [-0.3, -0.25) is 9.69 Å². The van der Waals surface area contributed by atoms with Crippen molar-refractivity contribution < 1.29 is 13.2 Å². The minimum atomic E-state index is -3.23. The fourth-order valence-corrected chi connectivity index (χ4v) is 3.20. The Morgan fingerprint density at radius 1 is 1.30 bits per heavy atom. The van der Waals surface area contributed by atoms with Gasteiger partial charge in [0.15, 0.2) is 0 Å². The Hall–Kier alpha value is -1.44. The van der Waals surface area contributed by atoms with Gasteiger partial charge >= 0.3 is 0 Å². The molecular formula is C16H25N3O3S. The van der Waals surface area contributed by atoms with Crippen molar-refractivity contribution in [3.63, 3.8) is 0 Å². The second-order valence-corrected chi connectivity index (χ2v) is 7.89. The molecule has 2 N–H and O–H groups in total. The fourth-order valence-electron chi connectivity index (χ4n) is 2.72. The molecule has 0 unspecified atom stereocenters. The lowest BCUT2D eigenvalue weighted by Gasteiger charge is -2.33. The summed E-state index contributed by atoms with van der Waals surface area (Å²) in [5, 5.41) is 2.87. The van der Waals surface area contributed by atoms with Crippen LogP contribution in [-0.2, 0) is 27.8 Å². The molecule has 1 atom stereocenters. The van der Waals surface area contributed by atoms with Crippen LogP contribution in [0.5, 0.6) is 0 Å². The zero-order chi connectivity index (χ0) is 16.9. The van der Waals surface area contributed by atoms with Crippen LogP contribution in [0, 0.1) is 0 Å². The Bertz CT molecular complexity index is 646. The summed E-state index contributed by atoms with van der Waals surface area (Å²) in [7, 11) is -3.23. The Kier molecular flexibility index (Phi) is 6.15. The molecule has 2 rings (SSSR count). The molecule has 6 nitrogen and oxygen atoms in total. The number of rotatable bonds is 7. The minimum absolute atomic E-state index is 0.134. The average molecular weight is 339 g/mol. The van der Waals surface area contributed by atoms with Crippen LogP contribution in [0.3, 0.4) is 0 Å². The highest BCUT2D eigenvalue weighted by atomic mass is 32.2. The molecule has 0 radical (unpaired) electrons. The summed E-state index contributed by atoms with van der Waals surface area (Å²) in [6.07, 6.45) is 2.27. The monoisotopic (exact) mass is 339 g/mol. The zero-order valence-corrected chi connectivity index (χ0v) is 14.5. The van der Waals surface area contributed by atoms with Crippen molar-refractivity contribution in [1.82, 2.24) is 14.9 Å². The van der Waals surface area contributed by atoms with Crippen molar-refractivity contribution in [1.29, 1.82) is 0 Å². The molecule has 0 spiro atoms. The lowest BCUT2D eigenvalue weighted by molar-refractivity contribution is -0.121. The Balaban J connectivity index is 1.73. The Labute approximate surface area is 138 Å². The maximum absolute atomic E-state index is 11.8. The third-order valence-corrected chi connectivity index (χ3v) is 4.82. The number of nitrogens with zero attached hydrogens (tertiary/aromatic N) is 1. The van der Waals surface area contributed by atoms with E-state index in [-0.39, 0.29) is 24.9 Å². The summed E-state index contributed by atoms with van der Waals surface area (Å²) in [6.45, 7) is 4.70. The van der Waals surface area contributed by atoms with Crippen molar-refractivity contribution in [2.45, 2.75) is 32.4 Å². The Morgan fingerprint density at radius 2 is 2.00 bits per heavy atom. The van der Waals surface area contributed by atoms with E-state index in [4.69, 9.17) is 0 Å². The van der Waals surface area contributed by atoms with Gasteiger partial charge in [-0.2, -0.15) is 0 Å². The lowest BCUT2D eigenvalue weighted by atomic mass is 9.99. The van der Waals surface area contributed by atoms with Crippen LogP contribution in [0.2, 0.25) is 0 Å². The normalized spacial score (nSPS) is 16.6. The van der Waals surface area contributed by atoms with E-state index in [9.17, 15) is 13.2 Å². The van der Waals surface area contributed by atoms with Gasteiger partial charge in [-0.1, -0.05) is 24.3 Å². The smallest absolute Gasteiger partial charge is 0.221 e. The molecule has 1 heterocycles. The number of benzene rings is 1. The first-order valence-electron chi connectivity index (χ1n) is 7.87. The fraction of sp³-hybridized carbons (Fsp3) is 0.562. The maximum Gasteiger partial charge on any atom is 0.221 e. The molecule has 0 fully saturated rings. The van der Waals surface area contributed by atoms with Gasteiger partial charge in [0.05, 0.1) is 6.26 Å². The van der Waals surface area contributed by atoms with Crippen LogP contribution in [0.25, 0.3) is 0 Å². The summed E-state index contributed by atoms with van der Waals surface area (Å²) in [5.41, 5.74) is 2.76. The number of sulfonamides is 1. The molecule has 0 bridgehead atoms. The second-order valence-electron chi connectivity index (χ2n) is 6.06. The molecule has 1 aromatic carbocycles. The topological polar surface area (TPSA) is 78.5 Å². The molecule has 1 amide bonds. The molecule has 7 heteroatoms. The van der Waals surface area contributed by atoms with Crippen LogP contribution in [0.15, 0.2) is 24.3 Å². The summed E-state index contributed by atoms with van der Waals surface area (Å²) in [5.74, 6) is -0.134. The third kappa shape index (κ3) is 5.93. The van der Waals surface area contributed by atoms with Gasteiger partial charge in [0.25, 0.3) is 0 Å². The largest absolute Gasteiger partial charge is 0.355 e. The highest BCUT2D eigenvalue weighted by Crippen LogP contribution is 2.19. The van der Waals surface area contributed by atoms with Crippen molar-refractivity contribution in [3.8, 4) is 0 Å². The second kappa shape index (κ2) is 7.90. The molecule has 0 aliphatic carbocycles. The summed E-state index contributed by atoms with van der Waals surface area (Å²) in [4.78, 5) is 14.1. The van der Waals surface area contributed by atoms with Gasteiger partial charge in [0.1, 0.15) is 0 Å². The number of hydrogen-bond acceptors (Lipinski definition) is 4. The number of fused-ring (bicyclic) bond motifs is 1. The summed E-state index contributed by atoms with van der Waals surface area (Å²) in [6, 6.07) is 8.71. The van der Waals surface area contributed by atoms with Gasteiger partial charge in [0, 0.05) is 38.6 Å². The van der Waals surface area contributed by atoms with Crippen molar-refractivity contribution >= 4 is 15.9 Å². The van der Waals surface area contributed by atoms with Gasteiger partial charge in [0.2, 0.25) is 15.9 Å². The van der Waals surface area contributed by atoms with Crippen LogP contribution < -0.4 is 10.0 Å². The summed E-state index contributed by atoms with van der Waals surface area (Å²) < 4.78 is 24.2. The molecular weight excluding hydrogens is 314 g/mol. The van der Waals surface area contributed by atoms with Gasteiger partial charge in [-0.15, -0.1) is 0 Å². The van der Waals surface area contributed by atoms with E-state index in [1.807, 2.05) is 0 Å². The third-order valence-electron chi connectivity index (χ3n) is 4.09. The number of carbonyl (C=O) groups is 1. The lowest BCUT2D eigenvalue weighted by Crippen LogP contribution is -2.44. The number of carbonyl (C=O) groups excluding carboxylic acids is 1. The van der Waals surface area contributed by atoms with Crippen molar-refractivity contribution in [3.05, 3.63) is 35.4 Å². The average Bonchev–Trinajstić information content (AvgIpc) is 2.51. The highest BCUT2D eigenvalue weighted by molar-refractivity contribution is 7.88. The molecule has 0 saturated carbocycles. The summed E-state index contributed by atoms with van der Waals surface area (Å²) >= 11 is 0. The predicted molar refractivity (Wildman–Crippen MR) is 90.5 cm³/mol. The number of amides is 1. The van der Waals surface area contributed by atoms with Crippen LogP contribution in [0.1, 0.15) is 24.5 Å². The van der Waals surface area contributed by atoms with E-state index >= 15 is 0 Å². The SMILES string of the molecule is C[C@H](CNC(=O)CCNS(C)(=O)=O)N1CCc2ccccc2C1. The molecule has 1 aliphatic heterocycles. The van der Waals surface area contributed by atoms with Gasteiger partial charge < -0.3 is 5.32 Å².